The normalized spacial score (nSPS) is 18.0. The molecule has 0 aliphatic carbocycles. The van der Waals surface area contributed by atoms with E-state index in [0.29, 0.717) is 6.04 Å². The fraction of sp³-hybridized carbons (Fsp3) is 0.238. The largest absolute Gasteiger partial charge is 0.391 e. The van der Waals surface area contributed by atoms with Crippen molar-refractivity contribution in [3.63, 3.8) is 0 Å². The van der Waals surface area contributed by atoms with Crippen molar-refractivity contribution in [3.8, 4) is 11.1 Å². The molecule has 0 bridgehead atoms. The number of rotatable bonds is 4. The Hall–Kier alpha value is -2.88. The molecule has 1 unspecified atom stereocenters. The van der Waals surface area contributed by atoms with Crippen LogP contribution in [0.4, 0.5) is 11.4 Å². The summed E-state index contributed by atoms with van der Waals surface area (Å²) >= 11 is 0. The molecule has 0 radical (unpaired) electrons. The van der Waals surface area contributed by atoms with Crippen LogP contribution in [0, 0.1) is 0 Å². The van der Waals surface area contributed by atoms with Crippen molar-refractivity contribution in [1.82, 2.24) is 10.6 Å². The lowest BCUT2D eigenvalue weighted by molar-refractivity contribution is 0.675. The van der Waals surface area contributed by atoms with Crippen LogP contribution in [0.2, 0.25) is 0 Å². The van der Waals surface area contributed by atoms with E-state index in [9.17, 15) is 0 Å². The Labute approximate surface area is 148 Å². The zero-order chi connectivity index (χ0) is 17.1. The summed E-state index contributed by atoms with van der Waals surface area (Å²) in [6.45, 7) is 1.88. The minimum absolute atomic E-state index is 0.361. The molecule has 2 aromatic rings. The highest BCUT2D eigenvalue weighted by Crippen LogP contribution is 2.23. The van der Waals surface area contributed by atoms with Crippen molar-refractivity contribution < 1.29 is 0 Å². The molecule has 0 saturated carbocycles. The highest BCUT2D eigenvalue weighted by atomic mass is 15.0. The van der Waals surface area contributed by atoms with E-state index in [1.807, 2.05) is 13.2 Å². The summed E-state index contributed by atoms with van der Waals surface area (Å²) in [6.07, 6.45) is 9.70. The van der Waals surface area contributed by atoms with Crippen LogP contribution in [0.25, 0.3) is 23.4 Å². The van der Waals surface area contributed by atoms with Gasteiger partial charge in [-0.05, 0) is 59.3 Å². The molecular formula is C21H24N4. The average Bonchev–Trinajstić information content (AvgIpc) is 2.69. The van der Waals surface area contributed by atoms with Gasteiger partial charge in [-0.2, -0.15) is 0 Å². The molecule has 4 rings (SSSR count). The minimum atomic E-state index is 0.361. The summed E-state index contributed by atoms with van der Waals surface area (Å²) in [5, 5.41) is 16.1. The van der Waals surface area contributed by atoms with Crippen LogP contribution in [0.15, 0.2) is 48.7 Å². The van der Waals surface area contributed by atoms with Gasteiger partial charge in [0.2, 0.25) is 0 Å². The lowest BCUT2D eigenvalue weighted by atomic mass is 10.0. The van der Waals surface area contributed by atoms with E-state index in [4.69, 9.17) is 0 Å². The lowest BCUT2D eigenvalue weighted by Crippen LogP contribution is -2.37. The third-order valence-corrected chi connectivity index (χ3v) is 4.77. The van der Waals surface area contributed by atoms with Crippen molar-refractivity contribution in [2.24, 2.45) is 0 Å². The van der Waals surface area contributed by atoms with Gasteiger partial charge >= 0.3 is 0 Å². The van der Waals surface area contributed by atoms with E-state index < -0.39 is 0 Å². The molecule has 2 aliphatic heterocycles. The molecule has 4 nitrogen and oxygen atoms in total. The molecule has 1 atom stereocenters. The Morgan fingerprint density at radius 1 is 1.08 bits per heavy atom. The average molecular weight is 332 g/mol. The summed E-state index contributed by atoms with van der Waals surface area (Å²) in [5.74, 6) is 0. The Kier molecular flexibility index (Phi) is 4.34. The Bertz CT molecular complexity index is 914. The topological polar surface area (TPSA) is 48.1 Å². The second-order valence-corrected chi connectivity index (χ2v) is 6.47. The van der Waals surface area contributed by atoms with Crippen molar-refractivity contribution in [2.45, 2.75) is 12.5 Å². The number of nitrogens with one attached hydrogen (secondary N) is 4. The van der Waals surface area contributed by atoms with E-state index in [1.54, 1.807) is 0 Å². The van der Waals surface area contributed by atoms with E-state index in [2.05, 4.69) is 76.0 Å². The van der Waals surface area contributed by atoms with Crippen LogP contribution in [-0.2, 0) is 0 Å². The van der Waals surface area contributed by atoms with Gasteiger partial charge in [-0.1, -0.05) is 18.2 Å². The molecule has 0 saturated heterocycles. The number of hydrogen-bond donors (Lipinski definition) is 4. The third-order valence-electron chi connectivity index (χ3n) is 4.77. The minimum Gasteiger partial charge on any atom is -0.391 e. The molecule has 2 aromatic carbocycles. The van der Waals surface area contributed by atoms with Gasteiger partial charge in [-0.25, -0.2) is 0 Å². The molecule has 25 heavy (non-hydrogen) atoms. The van der Waals surface area contributed by atoms with E-state index in [-0.39, 0.29) is 0 Å². The fourth-order valence-electron chi connectivity index (χ4n) is 3.40. The summed E-state index contributed by atoms with van der Waals surface area (Å²) in [4.78, 5) is 0. The smallest absolute Gasteiger partial charge is 0.0478 e. The SMILES string of the molecule is CNc1cccc(-c2cc(NC3C=CNCC3)c3c(c2)=CCNC=3)c1. The first kappa shape index (κ1) is 15.6. The maximum Gasteiger partial charge on any atom is 0.0478 e. The van der Waals surface area contributed by atoms with Crippen molar-refractivity contribution in [3.05, 3.63) is 59.1 Å². The first-order valence-corrected chi connectivity index (χ1v) is 8.86. The Balaban J connectivity index is 1.79. The van der Waals surface area contributed by atoms with E-state index >= 15 is 0 Å². The Morgan fingerprint density at radius 3 is 2.88 bits per heavy atom. The number of fused-ring (bicyclic) bond motifs is 1. The number of benzene rings is 2. The highest BCUT2D eigenvalue weighted by molar-refractivity contribution is 5.73. The van der Waals surface area contributed by atoms with Gasteiger partial charge in [0.25, 0.3) is 0 Å². The summed E-state index contributed by atoms with van der Waals surface area (Å²) in [7, 11) is 1.96. The summed E-state index contributed by atoms with van der Waals surface area (Å²) in [5.41, 5.74) is 4.78. The standard InChI is InChI=1S/C21H24N4/c1-22-19-4-2-3-15(12-19)17-11-16-5-8-24-14-20(16)21(13-17)25-18-6-9-23-10-7-18/h2-6,9,11-14,18,22-25H,7-8,10H2,1H3. The second kappa shape index (κ2) is 6.93. The highest BCUT2D eigenvalue weighted by Gasteiger charge is 2.11. The molecule has 0 aromatic heterocycles. The zero-order valence-electron chi connectivity index (χ0n) is 14.5. The first-order valence-electron chi connectivity index (χ1n) is 8.86. The second-order valence-electron chi connectivity index (χ2n) is 6.47. The molecule has 0 amide bonds. The maximum absolute atomic E-state index is 3.71. The van der Waals surface area contributed by atoms with Crippen LogP contribution in [0.1, 0.15) is 6.42 Å². The molecular weight excluding hydrogens is 308 g/mol. The lowest BCUT2D eigenvalue weighted by Gasteiger charge is -2.22. The fourth-order valence-corrected chi connectivity index (χ4v) is 3.40. The van der Waals surface area contributed by atoms with Gasteiger partial charge < -0.3 is 21.3 Å². The predicted molar refractivity (Wildman–Crippen MR) is 107 cm³/mol. The van der Waals surface area contributed by atoms with Crippen LogP contribution in [0.3, 0.4) is 0 Å². The van der Waals surface area contributed by atoms with Crippen molar-refractivity contribution in [1.29, 1.82) is 0 Å². The van der Waals surface area contributed by atoms with Gasteiger partial charge in [0.1, 0.15) is 0 Å². The first-order chi connectivity index (χ1) is 12.3. The van der Waals surface area contributed by atoms with Gasteiger partial charge in [0.05, 0.1) is 0 Å². The van der Waals surface area contributed by atoms with Gasteiger partial charge in [-0.3, -0.25) is 0 Å². The van der Waals surface area contributed by atoms with Crippen LogP contribution in [0.5, 0.6) is 0 Å². The molecule has 128 valence electrons. The summed E-state index contributed by atoms with van der Waals surface area (Å²) in [6, 6.07) is 13.5. The quantitative estimate of drug-likeness (QED) is 0.690. The molecule has 4 N–H and O–H groups in total. The maximum atomic E-state index is 3.71. The molecule has 0 spiro atoms. The monoisotopic (exact) mass is 332 g/mol. The Morgan fingerprint density at radius 2 is 2.04 bits per heavy atom. The van der Waals surface area contributed by atoms with Crippen LogP contribution >= 0.6 is 0 Å². The predicted octanol–water partition coefficient (Wildman–Crippen LogP) is 1.80. The van der Waals surface area contributed by atoms with Crippen molar-refractivity contribution >= 4 is 23.7 Å². The molecule has 0 fully saturated rings. The number of anilines is 2. The van der Waals surface area contributed by atoms with E-state index in [0.717, 1.165) is 25.2 Å². The van der Waals surface area contributed by atoms with Gasteiger partial charge in [0.15, 0.2) is 0 Å². The summed E-state index contributed by atoms with van der Waals surface area (Å²) < 4.78 is 0. The van der Waals surface area contributed by atoms with Crippen LogP contribution < -0.4 is 31.7 Å². The molecule has 2 heterocycles. The number of hydrogen-bond acceptors (Lipinski definition) is 4. The van der Waals surface area contributed by atoms with Gasteiger partial charge in [-0.15, -0.1) is 0 Å². The molecule has 4 heteroatoms. The molecule has 2 aliphatic rings. The van der Waals surface area contributed by atoms with Crippen molar-refractivity contribution in [2.75, 3.05) is 30.8 Å². The van der Waals surface area contributed by atoms with Gasteiger partial charge in [0, 0.05) is 49.0 Å². The van der Waals surface area contributed by atoms with E-state index in [1.165, 1.54) is 27.3 Å². The third kappa shape index (κ3) is 3.33. The zero-order valence-corrected chi connectivity index (χ0v) is 14.5. The van der Waals surface area contributed by atoms with Crippen LogP contribution in [-0.4, -0.2) is 26.2 Å².